The van der Waals surface area contributed by atoms with Crippen LogP contribution in [-0.2, 0) is 11.2 Å². The minimum Gasteiger partial charge on any atom is -0.326 e. The number of unbranched alkanes of at least 4 members (excludes halogenated alkanes) is 1. The van der Waals surface area contributed by atoms with Crippen molar-refractivity contribution in [1.82, 2.24) is 4.90 Å². The summed E-state index contributed by atoms with van der Waals surface area (Å²) in [6.07, 6.45) is 13.9. The number of hydrogen-bond acceptors (Lipinski definition) is 2. The molecule has 0 heterocycles. The average Bonchev–Trinajstić information content (AvgIpc) is 3.01. The van der Waals surface area contributed by atoms with E-state index in [9.17, 15) is 4.79 Å². The van der Waals surface area contributed by atoms with E-state index in [0.717, 1.165) is 18.2 Å². The number of rotatable bonds is 8. The minimum atomic E-state index is 0.00887. The number of aryl methyl sites for hydroxylation is 1. The normalized spacial score (nSPS) is 20.3. The van der Waals surface area contributed by atoms with Gasteiger partial charge in [0.15, 0.2) is 0 Å². The summed E-state index contributed by atoms with van der Waals surface area (Å²) in [5.74, 6) is 1.64. The molecule has 1 atom stereocenters. The van der Waals surface area contributed by atoms with Gasteiger partial charge in [-0.05, 0) is 68.0 Å². The molecule has 1 saturated carbocycles. The highest BCUT2D eigenvalue weighted by atomic mass is 16.1. The molecule has 2 aliphatic rings. The molecule has 1 aromatic rings. The van der Waals surface area contributed by atoms with E-state index >= 15 is 0 Å². The predicted octanol–water partition coefficient (Wildman–Crippen LogP) is 5.36. The molecule has 1 amide bonds. The summed E-state index contributed by atoms with van der Waals surface area (Å²) < 4.78 is 0. The Morgan fingerprint density at radius 3 is 2.73 bits per heavy atom. The Morgan fingerprint density at radius 2 is 1.96 bits per heavy atom. The minimum absolute atomic E-state index is 0.00887. The average molecular weight is 357 g/mol. The molecule has 1 aromatic carbocycles. The third-order valence-corrected chi connectivity index (χ3v) is 6.33. The van der Waals surface area contributed by atoms with Gasteiger partial charge < -0.3 is 10.2 Å². The van der Waals surface area contributed by atoms with Gasteiger partial charge >= 0.3 is 0 Å². The summed E-state index contributed by atoms with van der Waals surface area (Å²) in [4.78, 5) is 13.8. The molecule has 0 aromatic heterocycles. The molecule has 0 radical (unpaired) electrons. The van der Waals surface area contributed by atoms with Crippen molar-refractivity contribution in [1.29, 1.82) is 0 Å². The van der Waals surface area contributed by atoms with Gasteiger partial charge in [0.05, 0.1) is 0 Å². The predicted molar refractivity (Wildman–Crippen MR) is 110 cm³/mol. The third kappa shape index (κ3) is 5.57. The van der Waals surface area contributed by atoms with Crippen LogP contribution in [0.2, 0.25) is 0 Å². The number of carbonyl (C=O) groups is 1. The van der Waals surface area contributed by atoms with Gasteiger partial charge in [-0.15, -0.1) is 0 Å². The van der Waals surface area contributed by atoms with Crippen LogP contribution in [0.5, 0.6) is 0 Å². The number of amides is 1. The summed E-state index contributed by atoms with van der Waals surface area (Å²) >= 11 is 0. The van der Waals surface area contributed by atoms with Gasteiger partial charge in [0.2, 0.25) is 5.91 Å². The standard InChI is InChI=1S/C23H36N2O/c1-18(26)24-22-14-13-20-11-12-21(23(20)16-22)17-25(2)15-7-6-10-19-8-4-3-5-9-19/h13-14,16,19,21H,3-12,15,17H2,1-2H3,(H,24,26). The zero-order valence-corrected chi connectivity index (χ0v) is 16.7. The molecule has 26 heavy (non-hydrogen) atoms. The number of hydrogen-bond donors (Lipinski definition) is 1. The lowest BCUT2D eigenvalue weighted by Crippen LogP contribution is -2.25. The Morgan fingerprint density at radius 1 is 1.15 bits per heavy atom. The molecule has 3 nitrogen and oxygen atoms in total. The molecule has 1 N–H and O–H groups in total. The monoisotopic (exact) mass is 356 g/mol. The molecule has 0 aliphatic heterocycles. The number of fused-ring (bicyclic) bond motifs is 1. The van der Waals surface area contributed by atoms with Crippen molar-refractivity contribution in [3.05, 3.63) is 29.3 Å². The van der Waals surface area contributed by atoms with E-state index in [1.54, 1.807) is 6.92 Å². The van der Waals surface area contributed by atoms with E-state index in [-0.39, 0.29) is 5.91 Å². The number of nitrogens with one attached hydrogen (secondary N) is 1. The van der Waals surface area contributed by atoms with Crippen molar-refractivity contribution >= 4 is 11.6 Å². The highest BCUT2D eigenvalue weighted by molar-refractivity contribution is 5.88. The van der Waals surface area contributed by atoms with Crippen LogP contribution in [0.15, 0.2) is 18.2 Å². The highest BCUT2D eigenvalue weighted by Crippen LogP contribution is 2.35. The van der Waals surface area contributed by atoms with Crippen LogP contribution in [0.25, 0.3) is 0 Å². The largest absolute Gasteiger partial charge is 0.326 e. The Bertz CT molecular complexity index is 592. The number of carbonyl (C=O) groups excluding carboxylic acids is 1. The maximum absolute atomic E-state index is 11.3. The molecule has 3 heteroatoms. The van der Waals surface area contributed by atoms with Crippen molar-refractivity contribution in [3.63, 3.8) is 0 Å². The Kier molecular flexibility index (Phi) is 7.13. The lowest BCUT2D eigenvalue weighted by atomic mass is 9.86. The fourth-order valence-corrected chi connectivity index (χ4v) is 4.92. The first-order chi connectivity index (χ1) is 12.6. The van der Waals surface area contributed by atoms with Gasteiger partial charge in [-0.1, -0.05) is 51.0 Å². The van der Waals surface area contributed by atoms with Crippen molar-refractivity contribution < 1.29 is 4.79 Å². The maximum Gasteiger partial charge on any atom is 0.221 e. The van der Waals surface area contributed by atoms with Gasteiger partial charge in [-0.3, -0.25) is 4.79 Å². The Hall–Kier alpha value is -1.35. The summed E-state index contributed by atoms with van der Waals surface area (Å²) in [6.45, 7) is 3.93. The van der Waals surface area contributed by atoms with Gasteiger partial charge in [0.25, 0.3) is 0 Å². The van der Waals surface area contributed by atoms with Crippen LogP contribution in [0, 0.1) is 5.92 Å². The summed E-state index contributed by atoms with van der Waals surface area (Å²) in [6, 6.07) is 6.44. The van der Waals surface area contributed by atoms with E-state index in [0.29, 0.717) is 5.92 Å². The number of nitrogens with zero attached hydrogens (tertiary/aromatic N) is 1. The first kappa shape index (κ1) is 19.4. The topological polar surface area (TPSA) is 32.3 Å². The molecular formula is C23H36N2O. The number of benzene rings is 1. The van der Waals surface area contributed by atoms with Crippen LogP contribution < -0.4 is 5.32 Å². The van der Waals surface area contributed by atoms with Crippen LogP contribution in [0.1, 0.15) is 81.8 Å². The van der Waals surface area contributed by atoms with Crippen molar-refractivity contribution in [3.8, 4) is 0 Å². The second-order valence-corrected chi connectivity index (χ2v) is 8.59. The van der Waals surface area contributed by atoms with E-state index in [1.807, 2.05) is 6.07 Å². The number of likely N-dealkylation sites (N-methyl/N-ethyl adjacent to an activating group) is 1. The molecule has 0 saturated heterocycles. The van der Waals surface area contributed by atoms with Gasteiger partial charge in [0, 0.05) is 19.2 Å². The van der Waals surface area contributed by atoms with Crippen molar-refractivity contribution in [2.75, 3.05) is 25.5 Å². The molecule has 3 rings (SSSR count). The van der Waals surface area contributed by atoms with Crippen LogP contribution in [-0.4, -0.2) is 30.9 Å². The molecule has 1 unspecified atom stereocenters. The third-order valence-electron chi connectivity index (χ3n) is 6.33. The lowest BCUT2D eigenvalue weighted by molar-refractivity contribution is -0.114. The van der Waals surface area contributed by atoms with Crippen LogP contribution >= 0.6 is 0 Å². The van der Waals surface area contributed by atoms with E-state index in [1.165, 1.54) is 81.9 Å². The Balaban J connectivity index is 1.42. The van der Waals surface area contributed by atoms with Gasteiger partial charge in [0.1, 0.15) is 0 Å². The number of anilines is 1. The summed E-state index contributed by atoms with van der Waals surface area (Å²) in [7, 11) is 2.27. The van der Waals surface area contributed by atoms with E-state index in [4.69, 9.17) is 0 Å². The molecular weight excluding hydrogens is 320 g/mol. The SMILES string of the molecule is CC(=O)Nc1ccc2c(c1)C(CN(C)CCCCC1CCCCC1)CC2. The zero-order valence-electron chi connectivity index (χ0n) is 16.7. The quantitative estimate of drug-likeness (QED) is 0.636. The highest BCUT2D eigenvalue weighted by Gasteiger charge is 2.24. The van der Waals surface area contributed by atoms with Crippen LogP contribution in [0.3, 0.4) is 0 Å². The van der Waals surface area contributed by atoms with Crippen LogP contribution in [0.4, 0.5) is 5.69 Å². The zero-order chi connectivity index (χ0) is 18.4. The second-order valence-electron chi connectivity index (χ2n) is 8.59. The fourth-order valence-electron chi connectivity index (χ4n) is 4.92. The van der Waals surface area contributed by atoms with E-state index in [2.05, 4.69) is 29.4 Å². The summed E-state index contributed by atoms with van der Waals surface area (Å²) in [5.41, 5.74) is 3.86. The molecule has 1 fully saturated rings. The van der Waals surface area contributed by atoms with Crippen molar-refractivity contribution in [2.24, 2.45) is 5.92 Å². The van der Waals surface area contributed by atoms with Gasteiger partial charge in [-0.2, -0.15) is 0 Å². The molecule has 0 spiro atoms. The van der Waals surface area contributed by atoms with Gasteiger partial charge in [-0.25, -0.2) is 0 Å². The Labute approximate surface area is 159 Å². The smallest absolute Gasteiger partial charge is 0.221 e. The molecule has 0 bridgehead atoms. The lowest BCUT2D eigenvalue weighted by Gasteiger charge is -2.24. The summed E-state index contributed by atoms with van der Waals surface area (Å²) in [5, 5.41) is 2.93. The second kappa shape index (κ2) is 9.55. The maximum atomic E-state index is 11.3. The molecule has 144 valence electrons. The molecule has 2 aliphatic carbocycles. The first-order valence-corrected chi connectivity index (χ1v) is 10.7. The fraction of sp³-hybridized carbons (Fsp3) is 0.696. The first-order valence-electron chi connectivity index (χ1n) is 10.7. The van der Waals surface area contributed by atoms with E-state index < -0.39 is 0 Å². The van der Waals surface area contributed by atoms with Crippen molar-refractivity contribution in [2.45, 2.75) is 77.0 Å².